The van der Waals surface area contributed by atoms with Crippen molar-refractivity contribution in [3.05, 3.63) is 71.7 Å². The summed E-state index contributed by atoms with van der Waals surface area (Å²) in [6.45, 7) is 0. The Labute approximate surface area is 151 Å². The molecule has 0 bridgehead atoms. The van der Waals surface area contributed by atoms with Gasteiger partial charge in [-0.15, -0.1) is 0 Å². The second-order valence-corrected chi connectivity index (χ2v) is 5.69. The molecule has 0 aliphatic heterocycles. The van der Waals surface area contributed by atoms with E-state index in [1.807, 2.05) is 0 Å². The minimum Gasteiger partial charge on any atom is -0.479 e. The lowest BCUT2D eigenvalue weighted by Crippen LogP contribution is -2.04. The van der Waals surface area contributed by atoms with Crippen LogP contribution in [0.15, 0.2) is 43.0 Å². The number of methoxy groups -OCH3 is 1. The third-order valence-corrected chi connectivity index (χ3v) is 3.94. The summed E-state index contributed by atoms with van der Waals surface area (Å²) >= 11 is 0. The Morgan fingerprint density at radius 2 is 1.93 bits per heavy atom. The van der Waals surface area contributed by atoms with Crippen LogP contribution in [0.2, 0.25) is 0 Å². The molecule has 0 fully saturated rings. The zero-order chi connectivity index (χ0) is 19.0. The van der Waals surface area contributed by atoms with Gasteiger partial charge in [0.15, 0.2) is 11.5 Å². The Hall–Kier alpha value is -3.49. The number of nitrogens with zero attached hydrogens (tertiary/aromatic N) is 5. The van der Waals surface area contributed by atoms with Crippen molar-refractivity contribution in [2.45, 2.75) is 6.42 Å². The standard InChI is InChI=1S/C18H12F3N5O/c1-27-18-13(21)8-23-16(25-18)15-9-26-5-4-22-17(26)14(24-15)7-10-6-11(19)2-3-12(10)20/h2-6,8-9H,7H2,1H3. The Bertz CT molecular complexity index is 1150. The van der Waals surface area contributed by atoms with Crippen LogP contribution in [0.1, 0.15) is 11.3 Å². The van der Waals surface area contributed by atoms with E-state index in [0.29, 0.717) is 17.0 Å². The highest BCUT2D eigenvalue weighted by atomic mass is 19.1. The first-order valence-electron chi connectivity index (χ1n) is 7.88. The number of rotatable bonds is 4. The number of fused-ring (bicyclic) bond motifs is 1. The highest BCUT2D eigenvalue weighted by Gasteiger charge is 2.15. The fourth-order valence-electron chi connectivity index (χ4n) is 2.70. The Morgan fingerprint density at radius 1 is 1.07 bits per heavy atom. The van der Waals surface area contributed by atoms with Crippen molar-refractivity contribution in [2.24, 2.45) is 0 Å². The molecule has 4 rings (SSSR count). The number of benzene rings is 1. The van der Waals surface area contributed by atoms with Crippen LogP contribution in [0, 0.1) is 17.5 Å². The highest BCUT2D eigenvalue weighted by Crippen LogP contribution is 2.22. The predicted molar refractivity (Wildman–Crippen MR) is 89.7 cm³/mol. The second kappa shape index (κ2) is 6.67. The Balaban J connectivity index is 1.84. The molecule has 0 spiro atoms. The predicted octanol–water partition coefficient (Wildman–Crippen LogP) is 3.20. The molecule has 0 N–H and O–H groups in total. The molecule has 0 saturated carbocycles. The monoisotopic (exact) mass is 371 g/mol. The van der Waals surface area contributed by atoms with E-state index in [0.717, 1.165) is 24.4 Å². The average Bonchev–Trinajstić information content (AvgIpc) is 3.14. The molecule has 0 amide bonds. The zero-order valence-corrected chi connectivity index (χ0v) is 14.0. The number of hydrogen-bond acceptors (Lipinski definition) is 5. The molecule has 0 aliphatic rings. The van der Waals surface area contributed by atoms with Gasteiger partial charge < -0.3 is 9.14 Å². The third kappa shape index (κ3) is 3.19. The van der Waals surface area contributed by atoms with Crippen LogP contribution >= 0.6 is 0 Å². The largest absolute Gasteiger partial charge is 0.479 e. The molecule has 0 radical (unpaired) electrons. The van der Waals surface area contributed by atoms with Crippen molar-refractivity contribution in [3.63, 3.8) is 0 Å². The Morgan fingerprint density at radius 3 is 2.74 bits per heavy atom. The van der Waals surface area contributed by atoms with Crippen LogP contribution in [-0.2, 0) is 6.42 Å². The van der Waals surface area contributed by atoms with E-state index >= 15 is 0 Å². The van der Waals surface area contributed by atoms with Crippen LogP contribution in [0.3, 0.4) is 0 Å². The second-order valence-electron chi connectivity index (χ2n) is 5.69. The molecule has 1 aromatic carbocycles. The third-order valence-electron chi connectivity index (χ3n) is 3.94. The van der Waals surface area contributed by atoms with E-state index in [-0.39, 0.29) is 23.7 Å². The van der Waals surface area contributed by atoms with Crippen LogP contribution < -0.4 is 4.74 Å². The summed E-state index contributed by atoms with van der Waals surface area (Å²) < 4.78 is 47.6. The summed E-state index contributed by atoms with van der Waals surface area (Å²) in [5, 5.41) is 0. The van der Waals surface area contributed by atoms with Crippen LogP contribution in [0.4, 0.5) is 13.2 Å². The van der Waals surface area contributed by atoms with E-state index in [1.165, 1.54) is 7.11 Å². The molecular formula is C18H12F3N5O. The summed E-state index contributed by atoms with van der Waals surface area (Å²) in [6, 6.07) is 3.22. The molecule has 6 nitrogen and oxygen atoms in total. The van der Waals surface area contributed by atoms with E-state index in [2.05, 4.69) is 19.9 Å². The van der Waals surface area contributed by atoms with Gasteiger partial charge in [0, 0.05) is 25.0 Å². The fraction of sp³-hybridized carbons (Fsp3) is 0.111. The lowest BCUT2D eigenvalue weighted by Gasteiger charge is -2.09. The highest BCUT2D eigenvalue weighted by molar-refractivity contribution is 5.55. The summed E-state index contributed by atoms with van der Waals surface area (Å²) in [4.78, 5) is 16.6. The number of aromatic nitrogens is 5. The van der Waals surface area contributed by atoms with E-state index in [1.54, 1.807) is 23.0 Å². The van der Waals surface area contributed by atoms with Gasteiger partial charge in [0.05, 0.1) is 19.0 Å². The summed E-state index contributed by atoms with van der Waals surface area (Å²) in [5.74, 6) is -1.89. The van der Waals surface area contributed by atoms with E-state index in [4.69, 9.17) is 4.74 Å². The van der Waals surface area contributed by atoms with Gasteiger partial charge in [0.2, 0.25) is 5.82 Å². The number of imidazole rings is 1. The number of hydrogen-bond donors (Lipinski definition) is 0. The van der Waals surface area contributed by atoms with Crippen LogP contribution in [0.25, 0.3) is 17.2 Å². The summed E-state index contributed by atoms with van der Waals surface area (Å²) in [7, 11) is 1.29. The van der Waals surface area contributed by atoms with E-state index in [9.17, 15) is 13.2 Å². The topological polar surface area (TPSA) is 65.2 Å². The van der Waals surface area contributed by atoms with Gasteiger partial charge in [-0.05, 0) is 23.8 Å². The fourth-order valence-corrected chi connectivity index (χ4v) is 2.70. The van der Waals surface area contributed by atoms with Crippen molar-refractivity contribution < 1.29 is 17.9 Å². The van der Waals surface area contributed by atoms with Crippen molar-refractivity contribution >= 4 is 5.65 Å². The van der Waals surface area contributed by atoms with Gasteiger partial charge in [-0.25, -0.2) is 23.7 Å². The van der Waals surface area contributed by atoms with E-state index < -0.39 is 17.5 Å². The Kier molecular flexibility index (Phi) is 4.19. The van der Waals surface area contributed by atoms with Gasteiger partial charge in [-0.2, -0.15) is 9.37 Å². The first-order valence-corrected chi connectivity index (χ1v) is 7.88. The molecule has 3 heterocycles. The molecule has 0 unspecified atom stereocenters. The number of ether oxygens (including phenoxy) is 1. The van der Waals surface area contributed by atoms with Crippen molar-refractivity contribution in [2.75, 3.05) is 7.11 Å². The molecule has 0 saturated heterocycles. The van der Waals surface area contributed by atoms with Gasteiger partial charge in [0.25, 0.3) is 5.88 Å². The lowest BCUT2D eigenvalue weighted by atomic mass is 10.1. The van der Waals surface area contributed by atoms with Gasteiger partial charge in [-0.3, -0.25) is 0 Å². The molecule has 3 aromatic heterocycles. The van der Waals surface area contributed by atoms with Crippen molar-refractivity contribution in [1.29, 1.82) is 0 Å². The van der Waals surface area contributed by atoms with Crippen molar-refractivity contribution in [3.8, 4) is 17.4 Å². The van der Waals surface area contributed by atoms with Crippen LogP contribution in [0.5, 0.6) is 5.88 Å². The normalized spacial score (nSPS) is 11.1. The minimum atomic E-state index is -0.702. The quantitative estimate of drug-likeness (QED) is 0.551. The molecule has 4 aromatic rings. The SMILES string of the molecule is COc1nc(-c2cn3ccnc3c(Cc3cc(F)ccc3F)n2)ncc1F. The molecule has 9 heteroatoms. The maximum atomic E-state index is 14.0. The molecule has 27 heavy (non-hydrogen) atoms. The molecular weight excluding hydrogens is 359 g/mol. The summed E-state index contributed by atoms with van der Waals surface area (Å²) in [5.41, 5.74) is 1.33. The molecule has 136 valence electrons. The maximum absolute atomic E-state index is 14.0. The molecule has 0 aliphatic carbocycles. The van der Waals surface area contributed by atoms with Gasteiger partial charge in [-0.1, -0.05) is 0 Å². The zero-order valence-electron chi connectivity index (χ0n) is 14.0. The average molecular weight is 371 g/mol. The smallest absolute Gasteiger partial charge is 0.253 e. The number of halogens is 3. The summed E-state index contributed by atoms with van der Waals surface area (Å²) in [6.07, 6.45) is 5.83. The van der Waals surface area contributed by atoms with Crippen LogP contribution in [-0.4, -0.2) is 31.4 Å². The first kappa shape index (κ1) is 17.0. The molecule has 0 atom stereocenters. The van der Waals surface area contributed by atoms with Crippen molar-refractivity contribution in [1.82, 2.24) is 24.3 Å². The van der Waals surface area contributed by atoms with Gasteiger partial charge >= 0.3 is 0 Å². The first-order chi connectivity index (χ1) is 13.0. The minimum absolute atomic E-state index is 0.0102. The maximum Gasteiger partial charge on any atom is 0.253 e. The van der Waals surface area contributed by atoms with Gasteiger partial charge in [0.1, 0.15) is 17.3 Å². The lowest BCUT2D eigenvalue weighted by molar-refractivity contribution is 0.367.